The molecule has 0 radical (unpaired) electrons. The molecule has 3 nitrogen and oxygen atoms in total. The first-order valence-corrected chi connectivity index (χ1v) is 5.32. The van der Waals surface area contributed by atoms with Gasteiger partial charge >= 0.3 is 5.97 Å². The van der Waals surface area contributed by atoms with E-state index >= 15 is 0 Å². The quantitative estimate of drug-likeness (QED) is 0.768. The first-order valence-electron chi connectivity index (χ1n) is 5.32. The number of carbonyl (C=O) groups excluding carboxylic acids is 1. The number of hydrogen-bond acceptors (Lipinski definition) is 3. The smallest absolute Gasteiger partial charge is 0.307 e. The Bertz CT molecular complexity index is 362. The first kappa shape index (κ1) is 10.2. The second-order valence-corrected chi connectivity index (χ2v) is 3.70. The summed E-state index contributed by atoms with van der Waals surface area (Å²) in [5.74, 6) is -0.133. The van der Waals surface area contributed by atoms with Gasteiger partial charge in [-0.2, -0.15) is 0 Å². The van der Waals surface area contributed by atoms with Crippen LogP contribution in [0.4, 0.5) is 0 Å². The molecule has 1 aliphatic rings. The number of fused-ring (bicyclic) bond motifs is 1. The van der Waals surface area contributed by atoms with E-state index in [0.717, 1.165) is 18.5 Å². The standard InChI is InChI=1S/C12H15NO2/c1-2-5-11(14)15-12-10-7-4-3-6-9(10)8-13-12/h3-4,6-7,12-13H,2,5,8H2,1H3. The zero-order valence-electron chi connectivity index (χ0n) is 8.82. The molecule has 0 aliphatic carbocycles. The summed E-state index contributed by atoms with van der Waals surface area (Å²) in [6.45, 7) is 2.75. The molecule has 80 valence electrons. The second kappa shape index (κ2) is 4.45. The fraction of sp³-hybridized carbons (Fsp3) is 0.417. The molecule has 0 aromatic heterocycles. The highest BCUT2D eigenvalue weighted by atomic mass is 16.6. The van der Waals surface area contributed by atoms with Crippen molar-refractivity contribution in [1.82, 2.24) is 5.32 Å². The molecule has 1 aliphatic heterocycles. The third-order valence-electron chi connectivity index (χ3n) is 2.52. The van der Waals surface area contributed by atoms with Gasteiger partial charge in [0, 0.05) is 18.5 Å². The molecule has 0 saturated heterocycles. The Balaban J connectivity index is 2.04. The summed E-state index contributed by atoms with van der Waals surface area (Å²) in [4.78, 5) is 11.3. The molecular weight excluding hydrogens is 190 g/mol. The zero-order chi connectivity index (χ0) is 10.7. The van der Waals surface area contributed by atoms with Gasteiger partial charge in [0.25, 0.3) is 0 Å². The van der Waals surface area contributed by atoms with Gasteiger partial charge in [0.05, 0.1) is 0 Å². The van der Waals surface area contributed by atoms with Crippen LogP contribution < -0.4 is 5.32 Å². The fourth-order valence-electron chi connectivity index (χ4n) is 1.76. The van der Waals surface area contributed by atoms with Gasteiger partial charge in [-0.3, -0.25) is 10.1 Å². The Kier molecular flexibility index (Phi) is 3.02. The fourth-order valence-corrected chi connectivity index (χ4v) is 1.76. The predicted octanol–water partition coefficient (Wildman–Crippen LogP) is 2.13. The monoisotopic (exact) mass is 205 g/mol. The lowest BCUT2D eigenvalue weighted by Gasteiger charge is -2.13. The Morgan fingerprint density at radius 2 is 2.33 bits per heavy atom. The van der Waals surface area contributed by atoms with Crippen LogP contribution in [0.15, 0.2) is 24.3 Å². The normalized spacial score (nSPS) is 18.6. The maximum Gasteiger partial charge on any atom is 0.307 e. The third-order valence-corrected chi connectivity index (χ3v) is 2.52. The van der Waals surface area contributed by atoms with Gasteiger partial charge in [0.1, 0.15) is 0 Å². The summed E-state index contributed by atoms with van der Waals surface area (Å²) >= 11 is 0. The van der Waals surface area contributed by atoms with Gasteiger partial charge in [-0.1, -0.05) is 31.2 Å². The topological polar surface area (TPSA) is 38.3 Å². The Morgan fingerprint density at radius 3 is 3.13 bits per heavy atom. The van der Waals surface area contributed by atoms with Crippen molar-refractivity contribution >= 4 is 5.97 Å². The number of carbonyl (C=O) groups is 1. The molecule has 0 fully saturated rings. The van der Waals surface area contributed by atoms with E-state index in [1.54, 1.807) is 0 Å². The minimum Gasteiger partial charge on any atom is -0.442 e. The number of hydrogen-bond donors (Lipinski definition) is 1. The van der Waals surface area contributed by atoms with Crippen molar-refractivity contribution in [2.24, 2.45) is 0 Å². The molecule has 3 heteroatoms. The van der Waals surface area contributed by atoms with E-state index in [-0.39, 0.29) is 12.2 Å². The molecule has 1 heterocycles. The van der Waals surface area contributed by atoms with E-state index in [2.05, 4.69) is 11.4 Å². The van der Waals surface area contributed by atoms with Crippen LogP contribution >= 0.6 is 0 Å². The van der Waals surface area contributed by atoms with Crippen molar-refractivity contribution in [3.05, 3.63) is 35.4 Å². The minimum absolute atomic E-state index is 0.133. The molecule has 1 N–H and O–H groups in total. The number of nitrogens with one attached hydrogen (secondary N) is 1. The summed E-state index contributed by atoms with van der Waals surface area (Å²) in [6, 6.07) is 8.01. The highest BCUT2D eigenvalue weighted by molar-refractivity contribution is 5.69. The van der Waals surface area contributed by atoms with Crippen molar-refractivity contribution in [1.29, 1.82) is 0 Å². The highest BCUT2D eigenvalue weighted by Gasteiger charge is 2.23. The van der Waals surface area contributed by atoms with Gasteiger partial charge in [0.2, 0.25) is 0 Å². The van der Waals surface area contributed by atoms with Crippen molar-refractivity contribution in [2.45, 2.75) is 32.5 Å². The largest absolute Gasteiger partial charge is 0.442 e. The molecule has 0 spiro atoms. The van der Waals surface area contributed by atoms with Crippen molar-refractivity contribution in [3.8, 4) is 0 Å². The van der Waals surface area contributed by atoms with Gasteiger partial charge in [-0.25, -0.2) is 0 Å². The summed E-state index contributed by atoms with van der Waals surface area (Å²) in [5.41, 5.74) is 2.30. The molecule has 0 saturated carbocycles. The lowest BCUT2D eigenvalue weighted by Crippen LogP contribution is -2.19. The van der Waals surface area contributed by atoms with Gasteiger partial charge in [-0.05, 0) is 12.0 Å². The number of benzene rings is 1. The van der Waals surface area contributed by atoms with Crippen LogP contribution in [-0.2, 0) is 16.1 Å². The van der Waals surface area contributed by atoms with Crippen LogP contribution in [0.25, 0.3) is 0 Å². The van der Waals surface area contributed by atoms with Crippen LogP contribution in [-0.4, -0.2) is 5.97 Å². The predicted molar refractivity (Wildman–Crippen MR) is 57.0 cm³/mol. The first-order chi connectivity index (χ1) is 7.31. The number of rotatable bonds is 3. The molecule has 1 aromatic carbocycles. The maximum atomic E-state index is 11.3. The van der Waals surface area contributed by atoms with Gasteiger partial charge in [-0.15, -0.1) is 0 Å². The van der Waals surface area contributed by atoms with E-state index in [4.69, 9.17) is 4.74 Å². The van der Waals surface area contributed by atoms with E-state index in [1.165, 1.54) is 5.56 Å². The van der Waals surface area contributed by atoms with Crippen molar-refractivity contribution < 1.29 is 9.53 Å². The average Bonchev–Trinajstić information content (AvgIpc) is 2.62. The van der Waals surface area contributed by atoms with Crippen molar-refractivity contribution in [3.63, 3.8) is 0 Å². The minimum atomic E-state index is -0.250. The molecular formula is C12H15NO2. The Morgan fingerprint density at radius 1 is 1.53 bits per heavy atom. The van der Waals surface area contributed by atoms with E-state index in [9.17, 15) is 4.79 Å². The maximum absolute atomic E-state index is 11.3. The molecule has 1 unspecified atom stereocenters. The van der Waals surface area contributed by atoms with Crippen LogP contribution in [0.2, 0.25) is 0 Å². The van der Waals surface area contributed by atoms with E-state index < -0.39 is 0 Å². The van der Waals surface area contributed by atoms with Gasteiger partial charge in [0.15, 0.2) is 6.23 Å². The SMILES string of the molecule is CCCC(=O)OC1NCc2ccccc21. The summed E-state index contributed by atoms with van der Waals surface area (Å²) in [7, 11) is 0. The Hall–Kier alpha value is -1.35. The third kappa shape index (κ3) is 2.18. The Labute approximate surface area is 89.4 Å². The van der Waals surface area contributed by atoms with Crippen LogP contribution in [0.3, 0.4) is 0 Å². The van der Waals surface area contributed by atoms with Crippen molar-refractivity contribution in [2.75, 3.05) is 0 Å². The van der Waals surface area contributed by atoms with Crippen LogP contribution in [0.5, 0.6) is 0 Å². The summed E-state index contributed by atoms with van der Waals surface area (Å²) < 4.78 is 5.33. The lowest BCUT2D eigenvalue weighted by molar-refractivity contribution is -0.150. The molecule has 2 rings (SSSR count). The van der Waals surface area contributed by atoms with Crippen LogP contribution in [0.1, 0.15) is 37.1 Å². The second-order valence-electron chi connectivity index (χ2n) is 3.70. The number of esters is 1. The van der Waals surface area contributed by atoms with E-state index in [1.807, 2.05) is 25.1 Å². The van der Waals surface area contributed by atoms with E-state index in [0.29, 0.717) is 6.42 Å². The highest BCUT2D eigenvalue weighted by Crippen LogP contribution is 2.25. The summed E-state index contributed by atoms with van der Waals surface area (Å²) in [6.07, 6.45) is 1.06. The molecule has 1 aromatic rings. The van der Waals surface area contributed by atoms with Crippen LogP contribution in [0, 0.1) is 0 Å². The lowest BCUT2D eigenvalue weighted by atomic mass is 10.1. The zero-order valence-corrected chi connectivity index (χ0v) is 8.82. The molecule has 1 atom stereocenters. The summed E-state index contributed by atoms with van der Waals surface area (Å²) in [5, 5.41) is 3.17. The average molecular weight is 205 g/mol. The molecule has 15 heavy (non-hydrogen) atoms. The molecule has 0 amide bonds. The molecule has 0 bridgehead atoms. The number of ether oxygens (including phenoxy) is 1. The van der Waals surface area contributed by atoms with Gasteiger partial charge < -0.3 is 4.74 Å².